The van der Waals surface area contributed by atoms with Gasteiger partial charge in [-0.05, 0) is 24.3 Å². The molecule has 1 aromatic rings. The number of hydrogen-bond acceptors (Lipinski definition) is 7. The predicted molar refractivity (Wildman–Crippen MR) is 85.0 cm³/mol. The van der Waals surface area contributed by atoms with Crippen LogP contribution in [0, 0.1) is 5.82 Å². The molecule has 1 saturated heterocycles. The number of nitrogens with one attached hydrogen (secondary N) is 1. The summed E-state index contributed by atoms with van der Waals surface area (Å²) < 4.78 is 32.8. The van der Waals surface area contributed by atoms with Gasteiger partial charge >= 0.3 is 6.03 Å². The first-order valence-corrected chi connectivity index (χ1v) is 7.89. The van der Waals surface area contributed by atoms with Crippen molar-refractivity contribution in [3.63, 3.8) is 0 Å². The Morgan fingerprint density at radius 2 is 1.89 bits per heavy atom. The Morgan fingerprint density at radius 1 is 1.26 bits per heavy atom. The van der Waals surface area contributed by atoms with E-state index in [0.717, 1.165) is 24.3 Å². The minimum atomic E-state index is -2.54. The molecule has 0 saturated carbocycles. The zero-order valence-electron chi connectivity index (χ0n) is 13.8. The molecule has 2 aliphatic rings. The lowest BCUT2D eigenvalue weighted by atomic mass is 9.96. The van der Waals surface area contributed by atoms with Crippen LogP contribution in [0.3, 0.4) is 0 Å². The maximum absolute atomic E-state index is 14.7. The van der Waals surface area contributed by atoms with E-state index in [1.807, 2.05) is 5.32 Å². The van der Waals surface area contributed by atoms with E-state index >= 15 is 0 Å². The second kappa shape index (κ2) is 6.94. The minimum absolute atomic E-state index is 0.135. The van der Waals surface area contributed by atoms with E-state index in [1.54, 1.807) is 0 Å². The number of urea groups is 1. The van der Waals surface area contributed by atoms with Crippen LogP contribution in [0.25, 0.3) is 0 Å². The summed E-state index contributed by atoms with van der Waals surface area (Å²) in [4.78, 5) is 25.5. The zero-order chi connectivity index (χ0) is 19.9. The highest BCUT2D eigenvalue weighted by molar-refractivity contribution is 6.07. The molecule has 1 fully saturated rings. The Balaban J connectivity index is 1.88. The topological polar surface area (TPSA) is 145 Å². The highest BCUT2D eigenvalue weighted by atomic mass is 19.1. The zero-order valence-corrected chi connectivity index (χ0v) is 13.8. The van der Waals surface area contributed by atoms with Crippen LogP contribution in [0.5, 0.6) is 0 Å². The molecule has 0 spiro atoms. The highest BCUT2D eigenvalue weighted by Crippen LogP contribution is 2.30. The van der Waals surface area contributed by atoms with Gasteiger partial charge in [0.15, 0.2) is 12.1 Å². The number of nitrogens with two attached hydrogens (primary N) is 1. The third kappa shape index (κ3) is 3.19. The Morgan fingerprint density at radius 3 is 2.44 bits per heavy atom. The molecule has 1 unspecified atom stereocenters. The second-order valence-corrected chi connectivity index (χ2v) is 6.19. The van der Waals surface area contributed by atoms with Crippen molar-refractivity contribution in [1.29, 1.82) is 0 Å². The summed E-state index contributed by atoms with van der Waals surface area (Å²) in [5, 5.41) is 30.8. The molecule has 2 aliphatic heterocycles. The van der Waals surface area contributed by atoms with Crippen LogP contribution < -0.4 is 11.1 Å². The van der Waals surface area contributed by atoms with Crippen LogP contribution in [0.2, 0.25) is 0 Å². The molecule has 0 aliphatic carbocycles. The van der Waals surface area contributed by atoms with Gasteiger partial charge in [0.1, 0.15) is 24.1 Å². The van der Waals surface area contributed by atoms with Crippen LogP contribution in [0.4, 0.5) is 13.6 Å². The number of ether oxygens (including phenoxy) is 1. The summed E-state index contributed by atoms with van der Waals surface area (Å²) in [6.45, 7) is -0.639. The van der Waals surface area contributed by atoms with E-state index in [1.165, 1.54) is 0 Å². The van der Waals surface area contributed by atoms with Crippen molar-refractivity contribution in [1.82, 2.24) is 10.2 Å². The molecule has 3 rings (SSSR count). The number of aliphatic hydroxyl groups excluding tert-OH is 3. The maximum atomic E-state index is 14.7. The first kappa shape index (κ1) is 19.3. The molecule has 0 bridgehead atoms. The molecule has 9 nitrogen and oxygen atoms in total. The third-order valence-electron chi connectivity index (χ3n) is 4.42. The van der Waals surface area contributed by atoms with E-state index in [0.29, 0.717) is 11.1 Å². The number of aliphatic hydroxyl groups is 3. The summed E-state index contributed by atoms with van der Waals surface area (Å²) in [6, 6.07) is 3.06. The standard InChI is InChI=1S/C16H17F2N3O6/c17-8-3-1-7(2-4-8)13(25)16(19)10(18)5-21(15(26)20-16)14-12(24)11(23)9(6-22)27-14/h1-5,9,11-12,14,22-24H,6,19H2,(H,20,26)/t9-,11-,12-,14-,16?/m1/s1. The normalized spacial score (nSPS) is 33.6. The molecule has 0 radical (unpaired) electrons. The van der Waals surface area contributed by atoms with Gasteiger partial charge in [-0.25, -0.2) is 13.6 Å². The number of hydrogen-bond donors (Lipinski definition) is 5. The predicted octanol–water partition coefficient (Wildman–Crippen LogP) is -1.06. The van der Waals surface area contributed by atoms with Crippen molar-refractivity contribution >= 4 is 11.8 Å². The molecule has 0 aromatic heterocycles. The molecule has 6 N–H and O–H groups in total. The van der Waals surface area contributed by atoms with E-state index in [4.69, 9.17) is 15.6 Å². The van der Waals surface area contributed by atoms with Gasteiger partial charge in [-0.1, -0.05) is 0 Å². The highest BCUT2D eigenvalue weighted by Gasteiger charge is 2.51. The molecule has 146 valence electrons. The average molecular weight is 385 g/mol. The van der Waals surface area contributed by atoms with Crippen molar-refractivity contribution < 1.29 is 38.4 Å². The van der Waals surface area contributed by atoms with Crippen LogP contribution >= 0.6 is 0 Å². The maximum Gasteiger partial charge on any atom is 0.325 e. The number of carbonyl (C=O) groups excluding carboxylic acids is 2. The lowest BCUT2D eigenvalue weighted by molar-refractivity contribution is -0.0679. The van der Waals surface area contributed by atoms with Gasteiger partial charge in [-0.15, -0.1) is 0 Å². The van der Waals surface area contributed by atoms with Gasteiger partial charge in [0.2, 0.25) is 11.4 Å². The summed E-state index contributed by atoms with van der Waals surface area (Å²) in [6.07, 6.45) is -5.25. The Labute approximate surface area is 151 Å². The fourth-order valence-electron chi connectivity index (χ4n) is 2.87. The monoisotopic (exact) mass is 385 g/mol. The Hall–Kier alpha value is -2.44. The number of ketones is 1. The Bertz CT molecular complexity index is 789. The number of amides is 2. The molecular weight excluding hydrogens is 368 g/mol. The molecule has 2 heterocycles. The molecule has 1 aromatic carbocycles. The number of carbonyl (C=O) groups is 2. The SMILES string of the molecule is NC1(C(=O)c2ccc(F)cc2)NC(=O)N([C@@H]2O[C@H](CO)[C@@H](O)[C@H]2O)C=C1F. The third-order valence-corrected chi connectivity index (χ3v) is 4.42. The minimum Gasteiger partial charge on any atom is -0.394 e. The Kier molecular flexibility index (Phi) is 4.97. The summed E-state index contributed by atoms with van der Waals surface area (Å²) in [5.41, 5.74) is 3.07. The lowest BCUT2D eigenvalue weighted by Crippen LogP contribution is -2.68. The molecule has 27 heavy (non-hydrogen) atoms. The van der Waals surface area contributed by atoms with E-state index < -0.39 is 60.3 Å². The quantitative estimate of drug-likeness (QED) is 0.415. The van der Waals surface area contributed by atoms with Gasteiger partial charge in [0, 0.05) is 11.8 Å². The van der Waals surface area contributed by atoms with Crippen molar-refractivity contribution in [2.75, 3.05) is 6.61 Å². The number of rotatable bonds is 4. The van der Waals surface area contributed by atoms with Gasteiger partial charge < -0.3 is 25.4 Å². The molecular formula is C16H17F2N3O6. The van der Waals surface area contributed by atoms with E-state index in [-0.39, 0.29) is 5.56 Å². The van der Waals surface area contributed by atoms with Crippen LogP contribution in [0.1, 0.15) is 10.4 Å². The number of halogens is 2. The van der Waals surface area contributed by atoms with E-state index in [2.05, 4.69) is 0 Å². The van der Waals surface area contributed by atoms with Crippen molar-refractivity contribution in [3.05, 3.63) is 47.7 Å². The largest absolute Gasteiger partial charge is 0.394 e. The van der Waals surface area contributed by atoms with Crippen LogP contribution in [0.15, 0.2) is 36.3 Å². The summed E-state index contributed by atoms with van der Waals surface area (Å²) in [7, 11) is 0. The molecule has 5 atom stereocenters. The summed E-state index contributed by atoms with van der Waals surface area (Å²) in [5.74, 6) is -2.91. The first-order chi connectivity index (χ1) is 12.7. The van der Waals surface area contributed by atoms with E-state index in [9.17, 15) is 28.6 Å². The second-order valence-electron chi connectivity index (χ2n) is 6.19. The first-order valence-electron chi connectivity index (χ1n) is 7.89. The fourth-order valence-corrected chi connectivity index (χ4v) is 2.87. The van der Waals surface area contributed by atoms with Gasteiger partial charge in [-0.3, -0.25) is 15.4 Å². The number of Topliss-reactive ketones (excluding diaryl/α,β-unsaturated/α-hetero) is 1. The van der Waals surface area contributed by atoms with Gasteiger partial charge in [0.25, 0.3) is 0 Å². The van der Waals surface area contributed by atoms with Crippen molar-refractivity contribution in [3.8, 4) is 0 Å². The smallest absolute Gasteiger partial charge is 0.325 e. The van der Waals surface area contributed by atoms with Crippen LogP contribution in [-0.2, 0) is 4.74 Å². The molecule has 11 heteroatoms. The number of nitrogens with zero attached hydrogens (tertiary/aromatic N) is 1. The van der Waals surface area contributed by atoms with Crippen molar-refractivity contribution in [2.24, 2.45) is 5.73 Å². The average Bonchev–Trinajstić information content (AvgIpc) is 2.93. The fraction of sp³-hybridized carbons (Fsp3) is 0.375. The molecule has 2 amide bonds. The van der Waals surface area contributed by atoms with Gasteiger partial charge in [-0.2, -0.15) is 0 Å². The lowest BCUT2D eigenvalue weighted by Gasteiger charge is -2.37. The number of benzene rings is 1. The van der Waals surface area contributed by atoms with Gasteiger partial charge in [0.05, 0.1) is 6.61 Å². The van der Waals surface area contributed by atoms with Crippen molar-refractivity contribution in [2.45, 2.75) is 30.2 Å². The summed E-state index contributed by atoms with van der Waals surface area (Å²) >= 11 is 0. The van der Waals surface area contributed by atoms with Crippen LogP contribution in [-0.4, -0.2) is 68.8 Å².